The minimum atomic E-state index is -0.114. The third-order valence-electron chi connectivity index (χ3n) is 3.92. The minimum Gasteiger partial charge on any atom is -0.497 e. The molecule has 0 unspecified atom stereocenters. The summed E-state index contributed by atoms with van der Waals surface area (Å²) >= 11 is 0. The lowest BCUT2D eigenvalue weighted by Gasteiger charge is -2.17. The van der Waals surface area contributed by atoms with Gasteiger partial charge in [0.25, 0.3) is 5.56 Å². The Hall–Kier alpha value is -2.92. The van der Waals surface area contributed by atoms with E-state index in [9.17, 15) is 4.79 Å². The van der Waals surface area contributed by atoms with Crippen LogP contribution in [0.1, 0.15) is 5.56 Å². The Bertz CT molecular complexity index is 873. The van der Waals surface area contributed by atoms with Crippen molar-refractivity contribution in [2.45, 2.75) is 13.2 Å². The molecule has 5 nitrogen and oxygen atoms in total. The Morgan fingerprint density at radius 3 is 2.40 bits per heavy atom. The molecule has 0 spiro atoms. The van der Waals surface area contributed by atoms with Gasteiger partial charge in [0.15, 0.2) is 0 Å². The fourth-order valence-electron chi connectivity index (χ4n) is 2.64. The summed E-state index contributed by atoms with van der Waals surface area (Å²) in [5, 5.41) is 4.50. The first-order valence-corrected chi connectivity index (χ1v) is 8.11. The molecule has 1 heterocycles. The molecular weight excluding hydrogens is 314 g/mol. The number of benzene rings is 2. The predicted molar refractivity (Wildman–Crippen MR) is 98.4 cm³/mol. The monoisotopic (exact) mass is 335 g/mol. The first-order valence-electron chi connectivity index (χ1n) is 8.11. The molecule has 0 aliphatic heterocycles. The van der Waals surface area contributed by atoms with Gasteiger partial charge < -0.3 is 4.74 Å². The van der Waals surface area contributed by atoms with Crippen molar-refractivity contribution in [2.75, 3.05) is 14.2 Å². The van der Waals surface area contributed by atoms with Crippen LogP contribution in [0.2, 0.25) is 0 Å². The maximum atomic E-state index is 12.1. The van der Waals surface area contributed by atoms with Crippen molar-refractivity contribution in [3.63, 3.8) is 0 Å². The summed E-state index contributed by atoms with van der Waals surface area (Å²) in [4.78, 5) is 14.2. The van der Waals surface area contributed by atoms with E-state index in [2.05, 4.69) is 22.1 Å². The van der Waals surface area contributed by atoms with Crippen LogP contribution in [0.5, 0.6) is 5.75 Å². The molecular formula is C20H21N3O2. The third-order valence-corrected chi connectivity index (χ3v) is 3.92. The highest BCUT2D eigenvalue weighted by atomic mass is 16.5. The molecule has 0 N–H and O–H groups in total. The summed E-state index contributed by atoms with van der Waals surface area (Å²) in [6.07, 6.45) is 0. The SMILES string of the molecule is COc1ccc(-c2ccc(=O)n(CN(C)Cc3ccccc3)n2)cc1. The number of hydrogen-bond donors (Lipinski definition) is 0. The number of rotatable bonds is 6. The minimum absolute atomic E-state index is 0.114. The van der Waals surface area contributed by atoms with Gasteiger partial charge in [-0.1, -0.05) is 30.3 Å². The molecule has 3 rings (SSSR count). The molecule has 0 bridgehead atoms. The Kier molecular flexibility index (Phi) is 5.26. The van der Waals surface area contributed by atoms with Crippen molar-refractivity contribution >= 4 is 0 Å². The van der Waals surface area contributed by atoms with Gasteiger partial charge >= 0.3 is 0 Å². The maximum Gasteiger partial charge on any atom is 0.268 e. The highest BCUT2D eigenvalue weighted by Gasteiger charge is 2.07. The first-order chi connectivity index (χ1) is 12.2. The van der Waals surface area contributed by atoms with E-state index in [1.54, 1.807) is 19.2 Å². The Balaban J connectivity index is 1.78. The van der Waals surface area contributed by atoms with Gasteiger partial charge in [-0.15, -0.1) is 0 Å². The van der Waals surface area contributed by atoms with Crippen LogP contribution in [0.4, 0.5) is 0 Å². The Morgan fingerprint density at radius 1 is 1.00 bits per heavy atom. The zero-order chi connectivity index (χ0) is 17.6. The van der Waals surface area contributed by atoms with Crippen molar-refractivity contribution in [3.05, 3.63) is 82.6 Å². The predicted octanol–water partition coefficient (Wildman–Crippen LogP) is 3.01. The summed E-state index contributed by atoms with van der Waals surface area (Å²) in [7, 11) is 3.61. The van der Waals surface area contributed by atoms with Crippen LogP contribution in [0.25, 0.3) is 11.3 Å². The van der Waals surface area contributed by atoms with Crippen LogP contribution in [-0.4, -0.2) is 28.8 Å². The number of ether oxygens (including phenoxy) is 1. The lowest BCUT2D eigenvalue weighted by Crippen LogP contribution is -2.31. The smallest absolute Gasteiger partial charge is 0.268 e. The molecule has 0 radical (unpaired) electrons. The molecule has 128 valence electrons. The zero-order valence-corrected chi connectivity index (χ0v) is 14.4. The third kappa shape index (κ3) is 4.33. The molecule has 25 heavy (non-hydrogen) atoms. The van der Waals surface area contributed by atoms with E-state index in [4.69, 9.17) is 4.74 Å². The van der Waals surface area contributed by atoms with Crippen LogP contribution >= 0.6 is 0 Å². The second kappa shape index (κ2) is 7.77. The van der Waals surface area contributed by atoms with Gasteiger partial charge in [-0.3, -0.25) is 9.69 Å². The molecule has 0 fully saturated rings. The second-order valence-electron chi connectivity index (χ2n) is 5.93. The van der Waals surface area contributed by atoms with Gasteiger partial charge in [-0.25, -0.2) is 4.68 Å². The first kappa shape index (κ1) is 16.9. The van der Waals surface area contributed by atoms with Crippen LogP contribution in [0.15, 0.2) is 71.5 Å². The van der Waals surface area contributed by atoms with Gasteiger partial charge in [0.2, 0.25) is 0 Å². The Labute approximate surface area is 147 Å². The maximum absolute atomic E-state index is 12.1. The fourth-order valence-corrected chi connectivity index (χ4v) is 2.64. The molecule has 0 aliphatic rings. The van der Waals surface area contributed by atoms with E-state index >= 15 is 0 Å². The number of hydrogen-bond acceptors (Lipinski definition) is 4. The van der Waals surface area contributed by atoms with E-state index in [1.807, 2.05) is 49.5 Å². The highest BCUT2D eigenvalue weighted by Crippen LogP contribution is 2.19. The average molecular weight is 335 g/mol. The van der Waals surface area contributed by atoms with Crippen LogP contribution in [0.3, 0.4) is 0 Å². The summed E-state index contributed by atoms with van der Waals surface area (Å²) in [5.41, 5.74) is 2.79. The van der Waals surface area contributed by atoms with Gasteiger partial charge in [0.1, 0.15) is 5.75 Å². The number of aromatic nitrogens is 2. The van der Waals surface area contributed by atoms with Crippen molar-refractivity contribution < 1.29 is 4.74 Å². The van der Waals surface area contributed by atoms with E-state index < -0.39 is 0 Å². The topological polar surface area (TPSA) is 47.4 Å². The molecule has 0 amide bonds. The summed E-state index contributed by atoms with van der Waals surface area (Å²) < 4.78 is 6.66. The normalized spacial score (nSPS) is 10.8. The van der Waals surface area contributed by atoms with E-state index in [1.165, 1.54) is 10.2 Å². The molecule has 0 saturated heterocycles. The van der Waals surface area contributed by atoms with E-state index in [-0.39, 0.29) is 5.56 Å². The summed E-state index contributed by atoms with van der Waals surface area (Å²) in [5.74, 6) is 0.791. The number of nitrogens with zero attached hydrogens (tertiary/aromatic N) is 3. The van der Waals surface area contributed by atoms with Crippen molar-refractivity contribution in [1.29, 1.82) is 0 Å². The van der Waals surface area contributed by atoms with E-state index in [0.29, 0.717) is 6.67 Å². The fraction of sp³-hybridized carbons (Fsp3) is 0.200. The highest BCUT2D eigenvalue weighted by molar-refractivity contribution is 5.59. The average Bonchev–Trinajstić information content (AvgIpc) is 2.64. The molecule has 0 saturated carbocycles. The van der Waals surface area contributed by atoms with Gasteiger partial charge in [-0.05, 0) is 42.9 Å². The van der Waals surface area contributed by atoms with Crippen LogP contribution in [-0.2, 0) is 13.2 Å². The van der Waals surface area contributed by atoms with Gasteiger partial charge in [0, 0.05) is 18.2 Å². The molecule has 2 aromatic carbocycles. The quantitative estimate of drug-likeness (QED) is 0.695. The summed E-state index contributed by atoms with van der Waals surface area (Å²) in [6.45, 7) is 1.18. The number of methoxy groups -OCH3 is 1. The van der Waals surface area contributed by atoms with Gasteiger partial charge in [-0.2, -0.15) is 5.10 Å². The molecule has 0 atom stereocenters. The molecule has 1 aromatic heterocycles. The summed E-state index contributed by atoms with van der Waals surface area (Å²) in [6, 6.07) is 21.1. The van der Waals surface area contributed by atoms with Crippen molar-refractivity contribution in [2.24, 2.45) is 0 Å². The lowest BCUT2D eigenvalue weighted by molar-refractivity contribution is 0.240. The van der Waals surface area contributed by atoms with E-state index in [0.717, 1.165) is 23.6 Å². The largest absolute Gasteiger partial charge is 0.497 e. The zero-order valence-electron chi connectivity index (χ0n) is 14.4. The lowest BCUT2D eigenvalue weighted by atomic mass is 10.1. The Morgan fingerprint density at radius 2 is 1.72 bits per heavy atom. The van der Waals surface area contributed by atoms with Crippen molar-refractivity contribution in [3.8, 4) is 17.0 Å². The van der Waals surface area contributed by atoms with Crippen LogP contribution < -0.4 is 10.3 Å². The molecule has 0 aliphatic carbocycles. The standard InChI is InChI=1S/C20H21N3O2/c1-22(14-16-6-4-3-5-7-16)15-23-20(24)13-12-19(21-23)17-8-10-18(25-2)11-9-17/h3-13H,14-15H2,1-2H3. The van der Waals surface area contributed by atoms with Crippen molar-refractivity contribution in [1.82, 2.24) is 14.7 Å². The van der Waals surface area contributed by atoms with Crippen LogP contribution in [0, 0.1) is 0 Å². The molecule has 5 heteroatoms. The molecule has 3 aromatic rings. The van der Waals surface area contributed by atoms with Gasteiger partial charge in [0.05, 0.1) is 19.5 Å². The second-order valence-corrected chi connectivity index (χ2v) is 5.93.